The van der Waals surface area contributed by atoms with Crippen molar-refractivity contribution in [1.29, 1.82) is 0 Å². The van der Waals surface area contributed by atoms with E-state index in [2.05, 4.69) is 20.5 Å². The number of carbonyl (C=O) groups excluding carboxylic acids is 1. The molecule has 4 aromatic rings. The Bertz CT molecular complexity index is 1240. The van der Waals surface area contributed by atoms with Gasteiger partial charge in [0.05, 0.1) is 11.7 Å². The Hall–Kier alpha value is -2.91. The van der Waals surface area contributed by atoms with Gasteiger partial charge in [-0.2, -0.15) is 0 Å². The molecule has 0 aliphatic carbocycles. The van der Waals surface area contributed by atoms with Crippen LogP contribution in [0.15, 0.2) is 46.8 Å². The molecule has 7 nitrogen and oxygen atoms in total. The topological polar surface area (TPSA) is 89.8 Å². The van der Waals surface area contributed by atoms with Crippen molar-refractivity contribution in [3.8, 4) is 11.1 Å². The molecule has 0 aliphatic rings. The Morgan fingerprint density at radius 1 is 1.20 bits per heavy atom. The van der Waals surface area contributed by atoms with Crippen molar-refractivity contribution in [2.24, 2.45) is 0 Å². The third kappa shape index (κ3) is 3.78. The van der Waals surface area contributed by atoms with Crippen molar-refractivity contribution in [1.82, 2.24) is 19.7 Å². The molecule has 4 rings (SSSR count). The normalized spacial score (nSPS) is 12.4. The fraction of sp³-hybridized carbons (Fsp3) is 0.286. The van der Waals surface area contributed by atoms with Crippen LogP contribution in [0.25, 0.3) is 21.3 Å². The molecule has 0 aliphatic heterocycles. The van der Waals surface area contributed by atoms with Crippen LogP contribution in [0.3, 0.4) is 0 Å². The first kappa shape index (κ1) is 20.4. The Labute approximate surface area is 181 Å². The second kappa shape index (κ2) is 8.45. The molecule has 1 unspecified atom stereocenters. The molecule has 0 spiro atoms. The number of anilines is 1. The number of rotatable bonds is 6. The fourth-order valence-corrected chi connectivity index (χ4v) is 4.87. The third-order valence-corrected chi connectivity index (χ3v) is 6.82. The summed E-state index contributed by atoms with van der Waals surface area (Å²) in [5.74, 6) is -0.0666. The lowest BCUT2D eigenvalue weighted by molar-refractivity contribution is -0.119. The first-order valence-corrected chi connectivity index (χ1v) is 11.4. The minimum Gasteiger partial charge on any atom is -0.299 e. The van der Waals surface area contributed by atoms with Crippen LogP contribution in [-0.4, -0.2) is 25.7 Å². The van der Waals surface area contributed by atoms with Crippen LogP contribution in [0.2, 0.25) is 0 Å². The maximum absolute atomic E-state index is 13.4. The smallest absolute Gasteiger partial charge is 0.263 e. The zero-order chi connectivity index (χ0) is 21.3. The molecule has 0 saturated carbocycles. The highest BCUT2D eigenvalue weighted by atomic mass is 32.1. The fourth-order valence-electron chi connectivity index (χ4n) is 3.21. The predicted molar refractivity (Wildman–Crippen MR) is 121 cm³/mol. The van der Waals surface area contributed by atoms with Gasteiger partial charge in [0.25, 0.3) is 5.56 Å². The highest BCUT2D eigenvalue weighted by molar-refractivity contribution is 7.17. The summed E-state index contributed by atoms with van der Waals surface area (Å²) in [5.41, 5.74) is 1.57. The lowest BCUT2D eigenvalue weighted by Crippen LogP contribution is -2.33. The van der Waals surface area contributed by atoms with E-state index in [1.807, 2.05) is 56.5 Å². The first-order valence-electron chi connectivity index (χ1n) is 9.67. The molecular weight excluding hydrogens is 418 g/mol. The number of carbonyl (C=O) groups is 1. The molecule has 1 amide bonds. The highest BCUT2D eigenvalue weighted by Crippen LogP contribution is 2.31. The van der Waals surface area contributed by atoms with Crippen molar-refractivity contribution >= 4 is 43.9 Å². The van der Waals surface area contributed by atoms with E-state index in [1.54, 1.807) is 0 Å². The number of hydrogen-bond acceptors (Lipinski definition) is 7. The van der Waals surface area contributed by atoms with Crippen LogP contribution in [0.1, 0.15) is 44.2 Å². The zero-order valence-electron chi connectivity index (χ0n) is 16.8. The molecule has 0 fully saturated rings. The van der Waals surface area contributed by atoms with Crippen LogP contribution >= 0.6 is 22.7 Å². The minimum atomic E-state index is -0.690. The molecule has 0 saturated heterocycles. The Morgan fingerprint density at radius 2 is 1.97 bits per heavy atom. The highest BCUT2D eigenvalue weighted by Gasteiger charge is 2.24. The van der Waals surface area contributed by atoms with Gasteiger partial charge in [-0.05, 0) is 12.0 Å². The third-order valence-electron chi connectivity index (χ3n) is 4.79. The number of benzene rings is 1. The van der Waals surface area contributed by atoms with Gasteiger partial charge in [0.1, 0.15) is 15.9 Å². The number of nitrogens with zero attached hydrogens (tertiary/aromatic N) is 4. The number of nitrogens with one attached hydrogen (secondary N) is 1. The quantitative estimate of drug-likeness (QED) is 0.471. The summed E-state index contributed by atoms with van der Waals surface area (Å²) in [7, 11) is 0. The second-order valence-corrected chi connectivity index (χ2v) is 9.03. The SMILES string of the molecule is CCC(C(=O)Nc1nnc(C(C)C)s1)n1cnc2scc(-c3ccccc3)c2c1=O. The number of thiophene rings is 1. The average Bonchev–Trinajstić information content (AvgIpc) is 3.38. The predicted octanol–water partition coefficient (Wildman–Crippen LogP) is 4.69. The van der Waals surface area contributed by atoms with E-state index < -0.39 is 6.04 Å². The molecule has 30 heavy (non-hydrogen) atoms. The Kier molecular flexibility index (Phi) is 5.74. The van der Waals surface area contributed by atoms with Gasteiger partial charge in [-0.3, -0.25) is 19.5 Å². The van der Waals surface area contributed by atoms with E-state index in [0.717, 1.165) is 16.1 Å². The number of aromatic nitrogens is 4. The monoisotopic (exact) mass is 439 g/mol. The largest absolute Gasteiger partial charge is 0.299 e. The van der Waals surface area contributed by atoms with Crippen LogP contribution in [-0.2, 0) is 4.79 Å². The van der Waals surface area contributed by atoms with Gasteiger partial charge >= 0.3 is 0 Å². The standard InChI is InChI=1S/C21H21N5O2S2/c1-4-15(17(27)23-21-25-24-18(30-21)12(2)3)26-11-22-19-16(20(26)28)14(10-29-19)13-8-6-5-7-9-13/h5-12,15H,4H2,1-3H3,(H,23,25,27). The zero-order valence-corrected chi connectivity index (χ0v) is 18.5. The van der Waals surface area contributed by atoms with E-state index in [4.69, 9.17) is 0 Å². The molecule has 1 aromatic carbocycles. The first-order chi connectivity index (χ1) is 14.5. The summed E-state index contributed by atoms with van der Waals surface area (Å²) in [4.78, 5) is 31.4. The number of fused-ring (bicyclic) bond motifs is 1. The summed E-state index contributed by atoms with van der Waals surface area (Å²) < 4.78 is 1.42. The van der Waals surface area contributed by atoms with Gasteiger partial charge in [-0.15, -0.1) is 21.5 Å². The van der Waals surface area contributed by atoms with Crippen molar-refractivity contribution < 1.29 is 4.79 Å². The van der Waals surface area contributed by atoms with Crippen molar-refractivity contribution in [3.63, 3.8) is 0 Å². The van der Waals surface area contributed by atoms with Gasteiger partial charge in [-0.1, -0.05) is 62.4 Å². The van der Waals surface area contributed by atoms with Gasteiger partial charge in [0.15, 0.2) is 0 Å². The Morgan fingerprint density at radius 3 is 2.63 bits per heavy atom. The maximum Gasteiger partial charge on any atom is 0.263 e. The van der Waals surface area contributed by atoms with Gasteiger partial charge in [0, 0.05) is 16.9 Å². The molecule has 9 heteroatoms. The molecular formula is C21H21N5O2S2. The summed E-state index contributed by atoms with van der Waals surface area (Å²) in [6, 6.07) is 9.04. The lowest BCUT2D eigenvalue weighted by Gasteiger charge is -2.16. The average molecular weight is 440 g/mol. The summed E-state index contributed by atoms with van der Waals surface area (Å²) in [6.45, 7) is 5.91. The molecule has 154 valence electrons. The van der Waals surface area contributed by atoms with Gasteiger partial charge < -0.3 is 0 Å². The van der Waals surface area contributed by atoms with E-state index in [0.29, 0.717) is 21.8 Å². The molecule has 0 bridgehead atoms. The van der Waals surface area contributed by atoms with Crippen molar-refractivity contribution in [2.45, 2.75) is 39.2 Å². The Balaban J connectivity index is 1.70. The van der Waals surface area contributed by atoms with E-state index in [9.17, 15) is 9.59 Å². The van der Waals surface area contributed by atoms with Crippen LogP contribution < -0.4 is 10.9 Å². The van der Waals surface area contributed by atoms with Crippen LogP contribution in [0, 0.1) is 0 Å². The summed E-state index contributed by atoms with van der Waals surface area (Å²) >= 11 is 2.77. The lowest BCUT2D eigenvalue weighted by atomic mass is 10.1. The summed E-state index contributed by atoms with van der Waals surface area (Å²) in [5, 5.41) is 14.7. The molecule has 3 aromatic heterocycles. The van der Waals surface area contributed by atoms with E-state index in [-0.39, 0.29) is 17.4 Å². The van der Waals surface area contributed by atoms with Crippen molar-refractivity contribution in [2.75, 3.05) is 5.32 Å². The van der Waals surface area contributed by atoms with Crippen molar-refractivity contribution in [3.05, 3.63) is 57.4 Å². The molecule has 0 radical (unpaired) electrons. The van der Waals surface area contributed by atoms with Gasteiger partial charge in [-0.25, -0.2) is 4.98 Å². The van der Waals surface area contributed by atoms with Gasteiger partial charge in [0.2, 0.25) is 11.0 Å². The summed E-state index contributed by atoms with van der Waals surface area (Å²) in [6.07, 6.45) is 1.91. The van der Waals surface area contributed by atoms with E-state index >= 15 is 0 Å². The van der Waals surface area contributed by atoms with Crippen LogP contribution in [0.4, 0.5) is 5.13 Å². The second-order valence-electron chi connectivity index (χ2n) is 7.17. The minimum absolute atomic E-state index is 0.220. The van der Waals surface area contributed by atoms with E-state index in [1.165, 1.54) is 33.6 Å². The molecule has 3 heterocycles. The maximum atomic E-state index is 13.4. The number of amides is 1. The molecule has 1 atom stereocenters. The van der Waals surface area contributed by atoms with Crippen LogP contribution in [0.5, 0.6) is 0 Å². The molecule has 1 N–H and O–H groups in total. The number of hydrogen-bond donors (Lipinski definition) is 1.